The number of carbonyl (C=O) groups is 2. The van der Waals surface area contributed by atoms with Gasteiger partial charge in [0.1, 0.15) is 5.49 Å². The first-order valence-corrected chi connectivity index (χ1v) is 8.22. The zero-order chi connectivity index (χ0) is 18.4. The smallest absolute Gasteiger partial charge is 0.287 e. The van der Waals surface area contributed by atoms with Crippen molar-refractivity contribution in [2.45, 2.75) is 13.5 Å². The minimum Gasteiger partial charge on any atom is -0.459 e. The van der Waals surface area contributed by atoms with E-state index in [1.165, 1.54) is 17.9 Å². The first-order chi connectivity index (χ1) is 12.6. The lowest BCUT2D eigenvalue weighted by Gasteiger charge is -2.08. The summed E-state index contributed by atoms with van der Waals surface area (Å²) >= 11 is 0. The fourth-order valence-electron chi connectivity index (χ4n) is 2.41. The molecule has 0 atom stereocenters. The molecule has 0 aliphatic rings. The molecule has 0 saturated carbocycles. The highest BCUT2D eigenvalue weighted by Crippen LogP contribution is 2.04. The van der Waals surface area contributed by atoms with Gasteiger partial charge in [0, 0.05) is 12.7 Å². The molecule has 26 heavy (non-hydrogen) atoms. The number of carbonyl (C=O) groups excluding carboxylic acids is 2. The average molecular weight is 349 g/mol. The number of aryl methyl sites for hydroxylation is 1. The highest BCUT2D eigenvalue weighted by Gasteiger charge is 2.09. The summed E-state index contributed by atoms with van der Waals surface area (Å²) in [5, 5.41) is 2.50. The molecule has 0 aliphatic carbocycles. The van der Waals surface area contributed by atoms with Crippen molar-refractivity contribution >= 4 is 11.8 Å². The van der Waals surface area contributed by atoms with Crippen molar-refractivity contribution in [3.63, 3.8) is 0 Å². The molecule has 0 spiro atoms. The number of pyridine rings is 1. The van der Waals surface area contributed by atoms with Crippen LogP contribution < -0.4 is 10.8 Å². The van der Waals surface area contributed by atoms with Crippen molar-refractivity contribution in [1.82, 2.24) is 9.88 Å². The fraction of sp³-hybridized carbons (Fsp3) is 0.150. The Labute approximate surface area is 150 Å². The van der Waals surface area contributed by atoms with E-state index in [9.17, 15) is 9.59 Å². The Morgan fingerprint density at radius 3 is 2.62 bits per heavy atom. The average Bonchev–Trinajstić information content (AvgIpc) is 3.18. The Bertz CT molecular complexity index is 954. The van der Waals surface area contributed by atoms with Gasteiger partial charge in [-0.3, -0.25) is 9.59 Å². The third-order valence-electron chi connectivity index (χ3n) is 3.77. The van der Waals surface area contributed by atoms with Gasteiger partial charge in [-0.05, 0) is 36.8 Å². The number of hydrogen-bond donors (Lipinski definition) is 1. The third-order valence-corrected chi connectivity index (χ3v) is 3.77. The van der Waals surface area contributed by atoms with Gasteiger partial charge in [-0.15, -0.1) is 0 Å². The molecule has 0 saturated heterocycles. The topological polar surface area (TPSA) is 76.6 Å². The van der Waals surface area contributed by atoms with Crippen molar-refractivity contribution in [3.8, 4) is 0 Å². The molecular formula is C20H19N3O3. The lowest BCUT2D eigenvalue weighted by molar-refractivity contribution is -0.117. The van der Waals surface area contributed by atoms with E-state index in [-0.39, 0.29) is 12.3 Å². The van der Waals surface area contributed by atoms with Crippen LogP contribution in [0.25, 0.3) is 0 Å². The minimum atomic E-state index is -0.445. The number of benzene rings is 1. The number of amides is 2. The standard InChI is InChI=1S/C20H19N3O3/c1-15-7-9-16(10-8-15)14-23-11-3-2-6-18(23)22-19(24)13-21-20(25)17-5-4-12-26-17/h2-12H,13-14H2,1H3,(H,21,25). The maximum absolute atomic E-state index is 12.1. The quantitative estimate of drug-likeness (QED) is 0.768. The van der Waals surface area contributed by atoms with Gasteiger partial charge in [0.05, 0.1) is 12.8 Å². The van der Waals surface area contributed by atoms with Crippen molar-refractivity contribution in [2.75, 3.05) is 6.54 Å². The monoisotopic (exact) mass is 349 g/mol. The van der Waals surface area contributed by atoms with E-state index in [2.05, 4.69) is 10.3 Å². The number of nitrogens with zero attached hydrogens (tertiary/aromatic N) is 2. The summed E-state index contributed by atoms with van der Waals surface area (Å²) in [5.41, 5.74) is 2.84. The van der Waals surface area contributed by atoms with E-state index < -0.39 is 11.8 Å². The van der Waals surface area contributed by atoms with Gasteiger partial charge >= 0.3 is 0 Å². The molecule has 3 rings (SSSR count). The van der Waals surface area contributed by atoms with Crippen LogP contribution >= 0.6 is 0 Å². The summed E-state index contributed by atoms with van der Waals surface area (Å²) in [7, 11) is 0. The van der Waals surface area contributed by atoms with Gasteiger partial charge in [-0.25, -0.2) is 0 Å². The molecule has 2 amide bonds. The van der Waals surface area contributed by atoms with Crippen molar-refractivity contribution in [1.29, 1.82) is 0 Å². The van der Waals surface area contributed by atoms with Gasteiger partial charge in [0.25, 0.3) is 11.8 Å². The van der Waals surface area contributed by atoms with Gasteiger partial charge < -0.3 is 14.3 Å². The fourth-order valence-corrected chi connectivity index (χ4v) is 2.41. The minimum absolute atomic E-state index is 0.159. The van der Waals surface area contributed by atoms with Gasteiger partial charge in [-0.1, -0.05) is 35.9 Å². The van der Waals surface area contributed by atoms with Gasteiger partial charge in [0.2, 0.25) is 0 Å². The normalized spacial score (nSPS) is 11.3. The highest BCUT2D eigenvalue weighted by atomic mass is 16.3. The summed E-state index contributed by atoms with van der Waals surface area (Å²) in [6.07, 6.45) is 3.27. The first kappa shape index (κ1) is 17.4. The molecule has 3 aromatic rings. The Kier molecular flexibility index (Phi) is 5.43. The molecule has 0 unspecified atom stereocenters. The first-order valence-electron chi connectivity index (χ1n) is 8.22. The molecule has 6 heteroatoms. The molecule has 0 aliphatic heterocycles. The largest absolute Gasteiger partial charge is 0.459 e. The summed E-state index contributed by atoms with van der Waals surface area (Å²) in [6.45, 7) is 2.45. The summed E-state index contributed by atoms with van der Waals surface area (Å²) in [4.78, 5) is 28.0. The molecular weight excluding hydrogens is 330 g/mol. The molecule has 132 valence electrons. The Morgan fingerprint density at radius 1 is 1.08 bits per heavy atom. The number of aromatic nitrogens is 1. The zero-order valence-electron chi connectivity index (χ0n) is 14.4. The maximum atomic E-state index is 12.1. The molecule has 1 aromatic carbocycles. The molecule has 0 radical (unpaired) electrons. The SMILES string of the molecule is Cc1ccc(Cn2ccccc2=NC(=O)CNC(=O)c2ccco2)cc1. The summed E-state index contributed by atoms with van der Waals surface area (Å²) in [5.74, 6) is -0.722. The lowest BCUT2D eigenvalue weighted by atomic mass is 10.1. The van der Waals surface area contributed by atoms with Gasteiger partial charge in [-0.2, -0.15) is 4.99 Å². The van der Waals surface area contributed by atoms with Crippen LogP contribution in [0.4, 0.5) is 0 Å². The molecule has 2 aromatic heterocycles. The molecule has 2 heterocycles. The molecule has 0 fully saturated rings. The van der Waals surface area contributed by atoms with Crippen LogP contribution in [0, 0.1) is 6.92 Å². The van der Waals surface area contributed by atoms with Crippen molar-refractivity contribution in [3.05, 3.63) is 89.4 Å². The number of hydrogen-bond acceptors (Lipinski definition) is 3. The van der Waals surface area contributed by atoms with Crippen LogP contribution in [0.15, 0.2) is 76.5 Å². The molecule has 1 N–H and O–H groups in total. The summed E-state index contributed by atoms with van der Waals surface area (Å²) in [6, 6.07) is 16.8. The van der Waals surface area contributed by atoms with Crippen LogP contribution in [-0.2, 0) is 11.3 Å². The Hall–Kier alpha value is -3.41. The second kappa shape index (κ2) is 8.11. The van der Waals surface area contributed by atoms with Crippen LogP contribution in [0.3, 0.4) is 0 Å². The third kappa shape index (κ3) is 4.57. The Morgan fingerprint density at radius 2 is 1.88 bits per heavy atom. The summed E-state index contributed by atoms with van der Waals surface area (Å²) < 4.78 is 6.87. The second-order valence-electron chi connectivity index (χ2n) is 5.84. The maximum Gasteiger partial charge on any atom is 0.287 e. The highest BCUT2D eigenvalue weighted by molar-refractivity contribution is 5.94. The van der Waals surface area contributed by atoms with Crippen molar-refractivity contribution < 1.29 is 14.0 Å². The van der Waals surface area contributed by atoms with Crippen LogP contribution in [0.5, 0.6) is 0 Å². The van der Waals surface area contributed by atoms with Gasteiger partial charge in [0.15, 0.2) is 5.76 Å². The van der Waals surface area contributed by atoms with E-state index in [4.69, 9.17) is 4.42 Å². The van der Waals surface area contributed by atoms with E-state index in [1.807, 2.05) is 54.1 Å². The molecule has 6 nitrogen and oxygen atoms in total. The number of rotatable bonds is 5. The van der Waals surface area contributed by atoms with Crippen LogP contribution in [-0.4, -0.2) is 22.9 Å². The van der Waals surface area contributed by atoms with E-state index in [0.29, 0.717) is 12.0 Å². The second-order valence-corrected chi connectivity index (χ2v) is 5.84. The van der Waals surface area contributed by atoms with E-state index >= 15 is 0 Å². The van der Waals surface area contributed by atoms with E-state index in [1.54, 1.807) is 12.1 Å². The predicted molar refractivity (Wildman–Crippen MR) is 96.3 cm³/mol. The van der Waals surface area contributed by atoms with E-state index in [0.717, 1.165) is 5.56 Å². The van der Waals surface area contributed by atoms with Crippen molar-refractivity contribution in [2.24, 2.45) is 4.99 Å². The Balaban J connectivity index is 1.70. The predicted octanol–water partition coefficient (Wildman–Crippen LogP) is 2.30. The lowest BCUT2D eigenvalue weighted by Crippen LogP contribution is -2.30. The van der Waals surface area contributed by atoms with Crippen LogP contribution in [0.1, 0.15) is 21.7 Å². The number of furan rings is 1. The number of nitrogens with one attached hydrogen (secondary N) is 1. The zero-order valence-corrected chi connectivity index (χ0v) is 14.4. The molecule has 0 bridgehead atoms. The van der Waals surface area contributed by atoms with Crippen LogP contribution in [0.2, 0.25) is 0 Å².